The lowest BCUT2D eigenvalue weighted by Crippen LogP contribution is -2.54. The number of esters is 1. The Kier molecular flexibility index (Phi) is 9.45. The third kappa shape index (κ3) is 6.52. The van der Waals surface area contributed by atoms with Crippen LogP contribution < -0.4 is 9.80 Å². The van der Waals surface area contributed by atoms with Crippen molar-refractivity contribution in [3.05, 3.63) is 108 Å². The molecule has 2 aliphatic rings. The van der Waals surface area contributed by atoms with Crippen molar-refractivity contribution in [3.8, 4) is 0 Å². The molecule has 3 aromatic rings. The molecule has 3 amide bonds. The summed E-state index contributed by atoms with van der Waals surface area (Å²) in [5.41, 5.74) is 1.55. The van der Waals surface area contributed by atoms with Crippen LogP contribution in [0, 0.1) is 5.92 Å². The zero-order valence-electron chi connectivity index (χ0n) is 25.3. The minimum absolute atomic E-state index is 0.0526. The minimum Gasteiger partial charge on any atom is -0.441 e. The molecule has 1 fully saturated rings. The van der Waals surface area contributed by atoms with Crippen molar-refractivity contribution in [2.45, 2.75) is 51.6 Å². The Balaban J connectivity index is 1.28. The van der Waals surface area contributed by atoms with Gasteiger partial charge in [-0.25, -0.2) is 0 Å². The number of aliphatic hydroxyl groups is 2. The lowest BCUT2D eigenvalue weighted by molar-refractivity contribution is -0.154. The standard InChI is InChI=1S/C35H37N3O7/c1-24(9-8-14-31(41)36(19-20-39)22-26-10-4-3-5-11-26)35(44)29-12-6-7-13-30(29)37(34(35)43)23-27-15-17-28(18-16-27)38-32(42)21-33(38)45-25(2)40/h3-13,15-18,24,33,39,44H,14,19-23H2,1-2H3/b9-8+/t24-,33?,35+/m0/s1. The fourth-order valence-electron chi connectivity index (χ4n) is 5.84. The fraction of sp³-hybridized carbons (Fsp3) is 0.314. The number of aliphatic hydroxyl groups excluding tert-OH is 1. The molecule has 3 aromatic carbocycles. The number of para-hydroxylation sites is 1. The smallest absolute Gasteiger partial charge is 0.304 e. The zero-order valence-corrected chi connectivity index (χ0v) is 25.3. The van der Waals surface area contributed by atoms with Crippen molar-refractivity contribution in [2.75, 3.05) is 23.0 Å². The molecule has 0 radical (unpaired) electrons. The summed E-state index contributed by atoms with van der Waals surface area (Å²) in [7, 11) is 0. The first-order valence-electron chi connectivity index (χ1n) is 14.9. The predicted molar refractivity (Wildman–Crippen MR) is 167 cm³/mol. The van der Waals surface area contributed by atoms with E-state index in [0.717, 1.165) is 11.1 Å². The second-order valence-corrected chi connectivity index (χ2v) is 11.3. The van der Waals surface area contributed by atoms with E-state index >= 15 is 0 Å². The topological polar surface area (TPSA) is 128 Å². The van der Waals surface area contributed by atoms with Gasteiger partial charge in [0.05, 0.1) is 25.3 Å². The molecule has 2 aliphatic heterocycles. The molecular formula is C35H37N3O7. The Morgan fingerprint density at radius 3 is 2.38 bits per heavy atom. The number of carbonyl (C=O) groups is 4. The lowest BCUT2D eigenvalue weighted by atomic mass is 9.83. The van der Waals surface area contributed by atoms with Crippen LogP contribution in [0.4, 0.5) is 11.4 Å². The van der Waals surface area contributed by atoms with E-state index in [1.54, 1.807) is 77.4 Å². The number of amides is 3. The molecule has 0 bridgehead atoms. The largest absolute Gasteiger partial charge is 0.441 e. The van der Waals surface area contributed by atoms with Crippen molar-refractivity contribution in [2.24, 2.45) is 5.92 Å². The Bertz CT molecular complexity index is 1590. The van der Waals surface area contributed by atoms with Gasteiger partial charge in [0.25, 0.3) is 5.91 Å². The van der Waals surface area contributed by atoms with Gasteiger partial charge in [0, 0.05) is 43.6 Å². The predicted octanol–water partition coefficient (Wildman–Crippen LogP) is 3.65. The molecule has 0 aromatic heterocycles. The van der Waals surface area contributed by atoms with Gasteiger partial charge in [-0.1, -0.05) is 79.7 Å². The molecule has 1 saturated heterocycles. The normalized spacial score (nSPS) is 19.8. The molecule has 0 saturated carbocycles. The van der Waals surface area contributed by atoms with E-state index in [0.29, 0.717) is 23.5 Å². The van der Waals surface area contributed by atoms with Gasteiger partial charge in [-0.05, 0) is 29.3 Å². The summed E-state index contributed by atoms with van der Waals surface area (Å²) in [6.45, 7) is 3.64. The number of β-lactam (4-membered cyclic amide) rings is 1. The monoisotopic (exact) mass is 611 g/mol. The van der Waals surface area contributed by atoms with Crippen molar-refractivity contribution in [1.29, 1.82) is 0 Å². The Morgan fingerprint density at radius 1 is 1.02 bits per heavy atom. The highest BCUT2D eigenvalue weighted by Gasteiger charge is 2.52. The molecule has 3 atom stereocenters. The van der Waals surface area contributed by atoms with Crippen LogP contribution in [0.3, 0.4) is 0 Å². The number of hydrogen-bond donors (Lipinski definition) is 2. The second-order valence-electron chi connectivity index (χ2n) is 11.3. The SMILES string of the molecule is CC(=O)OC1CC(=O)N1c1ccc(CN2C(=O)[C@@](O)([C@@H](C)/C=C/CC(=O)N(CCO)Cc3ccccc3)c3ccccc32)cc1. The van der Waals surface area contributed by atoms with Crippen molar-refractivity contribution < 1.29 is 34.1 Å². The van der Waals surface area contributed by atoms with Crippen LogP contribution in [-0.4, -0.2) is 58.2 Å². The molecule has 1 unspecified atom stereocenters. The number of ether oxygens (including phenoxy) is 1. The molecule has 5 rings (SSSR count). The zero-order chi connectivity index (χ0) is 32.1. The summed E-state index contributed by atoms with van der Waals surface area (Å²) in [4.78, 5) is 54.9. The van der Waals surface area contributed by atoms with Crippen LogP contribution >= 0.6 is 0 Å². The van der Waals surface area contributed by atoms with Gasteiger partial charge < -0.3 is 24.7 Å². The summed E-state index contributed by atoms with van der Waals surface area (Å²) in [5, 5.41) is 21.4. The van der Waals surface area contributed by atoms with E-state index in [2.05, 4.69) is 0 Å². The Morgan fingerprint density at radius 2 is 1.71 bits per heavy atom. The van der Waals surface area contributed by atoms with Crippen LogP contribution in [0.1, 0.15) is 43.4 Å². The van der Waals surface area contributed by atoms with Crippen molar-refractivity contribution in [3.63, 3.8) is 0 Å². The number of rotatable bonds is 12. The number of anilines is 2. The molecule has 2 N–H and O–H groups in total. The van der Waals surface area contributed by atoms with Crippen molar-refractivity contribution in [1.82, 2.24) is 4.90 Å². The number of nitrogens with zero attached hydrogens (tertiary/aromatic N) is 3. The second kappa shape index (κ2) is 13.5. The maximum atomic E-state index is 13.9. The fourth-order valence-corrected chi connectivity index (χ4v) is 5.84. The van der Waals surface area contributed by atoms with Crippen LogP contribution in [0.15, 0.2) is 91.0 Å². The van der Waals surface area contributed by atoms with E-state index in [1.165, 1.54) is 11.8 Å². The average Bonchev–Trinajstić information content (AvgIpc) is 3.24. The summed E-state index contributed by atoms with van der Waals surface area (Å²) in [5.74, 6) is -1.91. The number of carbonyl (C=O) groups excluding carboxylic acids is 4. The van der Waals surface area contributed by atoms with Gasteiger partial charge >= 0.3 is 5.97 Å². The first kappa shape index (κ1) is 31.6. The molecule has 10 nitrogen and oxygen atoms in total. The maximum absolute atomic E-state index is 13.9. The van der Waals surface area contributed by atoms with Crippen LogP contribution in [0.2, 0.25) is 0 Å². The van der Waals surface area contributed by atoms with Crippen LogP contribution in [0.5, 0.6) is 0 Å². The van der Waals surface area contributed by atoms with Gasteiger partial charge in [-0.2, -0.15) is 0 Å². The first-order chi connectivity index (χ1) is 21.6. The number of hydrogen-bond acceptors (Lipinski definition) is 7. The van der Waals surface area contributed by atoms with Gasteiger partial charge in [-0.3, -0.25) is 24.1 Å². The summed E-state index contributed by atoms with van der Waals surface area (Å²) < 4.78 is 5.20. The molecular weight excluding hydrogens is 574 g/mol. The van der Waals surface area contributed by atoms with E-state index < -0.39 is 29.6 Å². The van der Waals surface area contributed by atoms with Gasteiger partial charge in [0.15, 0.2) is 11.8 Å². The lowest BCUT2D eigenvalue weighted by Gasteiger charge is -2.39. The number of fused-ring (bicyclic) bond motifs is 1. The molecule has 0 spiro atoms. The molecule has 0 aliphatic carbocycles. The quantitative estimate of drug-likeness (QED) is 0.182. The highest BCUT2D eigenvalue weighted by molar-refractivity contribution is 6.07. The Labute approximate surface area is 262 Å². The van der Waals surface area contributed by atoms with E-state index in [1.807, 2.05) is 30.3 Å². The number of benzene rings is 3. The third-order valence-corrected chi connectivity index (χ3v) is 8.25. The van der Waals surface area contributed by atoms with E-state index in [-0.39, 0.29) is 44.4 Å². The van der Waals surface area contributed by atoms with Gasteiger partial charge in [-0.15, -0.1) is 0 Å². The summed E-state index contributed by atoms with van der Waals surface area (Å²) >= 11 is 0. The van der Waals surface area contributed by atoms with E-state index in [9.17, 15) is 29.4 Å². The minimum atomic E-state index is -1.84. The van der Waals surface area contributed by atoms with Gasteiger partial charge in [0.1, 0.15) is 0 Å². The maximum Gasteiger partial charge on any atom is 0.304 e. The molecule has 234 valence electrons. The summed E-state index contributed by atoms with van der Waals surface area (Å²) in [6, 6.07) is 23.7. The molecule has 2 heterocycles. The van der Waals surface area contributed by atoms with Crippen LogP contribution in [0.25, 0.3) is 0 Å². The molecule has 10 heteroatoms. The average molecular weight is 612 g/mol. The van der Waals surface area contributed by atoms with Crippen LogP contribution in [-0.2, 0) is 42.6 Å². The molecule has 45 heavy (non-hydrogen) atoms. The Hall–Kier alpha value is -4.80. The highest BCUT2D eigenvalue weighted by Crippen LogP contribution is 2.45. The van der Waals surface area contributed by atoms with E-state index in [4.69, 9.17) is 4.74 Å². The first-order valence-corrected chi connectivity index (χ1v) is 14.9. The summed E-state index contributed by atoms with van der Waals surface area (Å²) in [6.07, 6.45) is 2.91. The van der Waals surface area contributed by atoms with Crippen molar-refractivity contribution >= 4 is 35.1 Å². The highest BCUT2D eigenvalue weighted by atomic mass is 16.6. The third-order valence-electron chi connectivity index (χ3n) is 8.25. The van der Waals surface area contributed by atoms with Gasteiger partial charge in [0.2, 0.25) is 11.8 Å².